The fourth-order valence-corrected chi connectivity index (χ4v) is 4.91. The molecule has 0 radical (unpaired) electrons. The van der Waals surface area contributed by atoms with Crippen molar-refractivity contribution in [3.8, 4) is 0 Å². The number of anilines is 2. The van der Waals surface area contributed by atoms with Gasteiger partial charge in [0.05, 0.1) is 4.90 Å². The van der Waals surface area contributed by atoms with Crippen LogP contribution < -0.4 is 9.62 Å². The van der Waals surface area contributed by atoms with Crippen LogP contribution in [0.3, 0.4) is 0 Å². The second-order valence-electron chi connectivity index (χ2n) is 7.40. The molecule has 1 unspecified atom stereocenters. The zero-order valence-electron chi connectivity index (χ0n) is 15.2. The molecule has 7 heteroatoms. The van der Waals surface area contributed by atoms with E-state index in [2.05, 4.69) is 20.7 Å². The highest BCUT2D eigenvalue weighted by Crippen LogP contribution is 2.39. The van der Waals surface area contributed by atoms with Crippen LogP contribution in [0.25, 0.3) is 0 Å². The normalized spacial score (nSPS) is 19.1. The van der Waals surface area contributed by atoms with E-state index in [1.165, 1.54) is 0 Å². The van der Waals surface area contributed by atoms with Gasteiger partial charge >= 0.3 is 0 Å². The average molecular weight is 449 g/mol. The van der Waals surface area contributed by atoms with Gasteiger partial charge in [-0.1, -0.05) is 15.9 Å². The van der Waals surface area contributed by atoms with Crippen LogP contribution in [0.2, 0.25) is 0 Å². The third-order valence-corrected chi connectivity index (χ3v) is 7.42. The quantitative estimate of drug-likeness (QED) is 0.759. The van der Waals surface area contributed by atoms with Crippen LogP contribution in [0.5, 0.6) is 0 Å². The van der Waals surface area contributed by atoms with E-state index in [4.69, 9.17) is 0 Å². The summed E-state index contributed by atoms with van der Waals surface area (Å²) < 4.78 is 29.2. The Labute approximate surface area is 167 Å². The molecule has 142 valence electrons. The van der Waals surface area contributed by atoms with E-state index in [-0.39, 0.29) is 22.8 Å². The lowest BCUT2D eigenvalue weighted by molar-refractivity contribution is -0.120. The number of hydrogen-bond acceptors (Lipinski definition) is 3. The lowest BCUT2D eigenvalue weighted by atomic mass is 10.1. The summed E-state index contributed by atoms with van der Waals surface area (Å²) in [5, 5.41) is 0. The number of carbonyl (C=O) groups excluding carboxylic acids is 1. The Morgan fingerprint density at radius 2 is 1.93 bits per heavy atom. The molecule has 0 aromatic heterocycles. The molecule has 2 aliphatic rings. The van der Waals surface area contributed by atoms with Crippen molar-refractivity contribution in [2.45, 2.75) is 44.0 Å². The molecule has 0 saturated heterocycles. The number of carbonyl (C=O) groups is 1. The van der Waals surface area contributed by atoms with Crippen molar-refractivity contribution in [1.29, 1.82) is 0 Å². The second kappa shape index (κ2) is 6.63. The SMILES string of the molecule is Cc1cc(NS(=O)(=O)c2ccc3c(c2)CC(C)N3C(=O)C2CC2)ccc1Br. The molecule has 0 bridgehead atoms. The molecular weight excluding hydrogens is 428 g/mol. The van der Waals surface area contributed by atoms with Crippen molar-refractivity contribution < 1.29 is 13.2 Å². The van der Waals surface area contributed by atoms with E-state index in [1.54, 1.807) is 30.3 Å². The molecule has 1 saturated carbocycles. The summed E-state index contributed by atoms with van der Waals surface area (Å²) in [6, 6.07) is 10.4. The number of halogens is 1. The van der Waals surface area contributed by atoms with E-state index in [1.807, 2.05) is 24.8 Å². The number of rotatable bonds is 4. The number of hydrogen-bond donors (Lipinski definition) is 1. The van der Waals surface area contributed by atoms with Crippen LogP contribution in [0.1, 0.15) is 30.9 Å². The first-order chi connectivity index (χ1) is 12.8. The van der Waals surface area contributed by atoms with Crippen LogP contribution in [0, 0.1) is 12.8 Å². The summed E-state index contributed by atoms with van der Waals surface area (Å²) in [6.07, 6.45) is 2.59. The molecule has 4 rings (SSSR count). The Balaban J connectivity index is 1.62. The van der Waals surface area contributed by atoms with Crippen LogP contribution >= 0.6 is 15.9 Å². The number of nitrogens with one attached hydrogen (secondary N) is 1. The minimum absolute atomic E-state index is 0.0631. The standard InChI is InChI=1S/C20H21BrN2O3S/c1-12-9-16(5-7-18(12)21)22-27(25,26)17-6-8-19-15(11-17)10-13(2)23(19)20(24)14-3-4-14/h5-9,11,13-14,22H,3-4,10H2,1-2H3. The third-order valence-electron chi connectivity index (χ3n) is 5.15. The van der Waals surface area contributed by atoms with E-state index < -0.39 is 10.0 Å². The Hall–Kier alpha value is -1.86. The molecule has 5 nitrogen and oxygen atoms in total. The van der Waals surface area contributed by atoms with Gasteiger partial charge in [-0.2, -0.15) is 0 Å². The first-order valence-electron chi connectivity index (χ1n) is 9.01. The lowest BCUT2D eigenvalue weighted by Crippen LogP contribution is -2.36. The summed E-state index contributed by atoms with van der Waals surface area (Å²) >= 11 is 3.42. The van der Waals surface area contributed by atoms with Crippen molar-refractivity contribution in [2.75, 3.05) is 9.62 Å². The van der Waals surface area contributed by atoms with E-state index >= 15 is 0 Å². The van der Waals surface area contributed by atoms with Crippen LogP contribution in [0.15, 0.2) is 45.8 Å². The van der Waals surface area contributed by atoms with Gasteiger partial charge in [-0.25, -0.2) is 8.42 Å². The van der Waals surface area contributed by atoms with Gasteiger partial charge in [0.15, 0.2) is 0 Å². The molecule has 1 fully saturated rings. The topological polar surface area (TPSA) is 66.5 Å². The molecule has 1 aliphatic carbocycles. The number of aryl methyl sites for hydroxylation is 1. The minimum atomic E-state index is -3.69. The minimum Gasteiger partial charge on any atom is -0.309 e. The number of benzene rings is 2. The number of fused-ring (bicyclic) bond motifs is 1. The van der Waals surface area contributed by atoms with E-state index in [0.29, 0.717) is 12.1 Å². The van der Waals surface area contributed by atoms with Crippen molar-refractivity contribution in [2.24, 2.45) is 5.92 Å². The molecule has 1 amide bonds. The van der Waals surface area contributed by atoms with Crippen LogP contribution in [0.4, 0.5) is 11.4 Å². The van der Waals surface area contributed by atoms with Crippen molar-refractivity contribution in [3.05, 3.63) is 52.0 Å². The van der Waals surface area contributed by atoms with Gasteiger partial charge in [0.2, 0.25) is 5.91 Å². The monoisotopic (exact) mass is 448 g/mol. The second-order valence-corrected chi connectivity index (χ2v) is 9.93. The molecule has 2 aromatic rings. The molecular formula is C20H21BrN2O3S. The fourth-order valence-electron chi connectivity index (χ4n) is 3.56. The summed E-state index contributed by atoms with van der Waals surface area (Å²) in [5.74, 6) is 0.310. The van der Waals surface area contributed by atoms with E-state index in [9.17, 15) is 13.2 Å². The predicted molar refractivity (Wildman–Crippen MR) is 110 cm³/mol. The van der Waals surface area contributed by atoms with Gasteiger partial charge in [0.25, 0.3) is 10.0 Å². The molecule has 1 aliphatic heterocycles. The van der Waals surface area contributed by atoms with Crippen molar-refractivity contribution in [1.82, 2.24) is 0 Å². The number of sulfonamides is 1. The van der Waals surface area contributed by atoms with Crippen LogP contribution in [-0.2, 0) is 21.2 Å². The van der Waals surface area contributed by atoms with Gasteiger partial charge in [0.1, 0.15) is 0 Å². The summed E-state index contributed by atoms with van der Waals surface area (Å²) in [6.45, 7) is 3.92. The van der Waals surface area contributed by atoms with Crippen molar-refractivity contribution in [3.63, 3.8) is 0 Å². The average Bonchev–Trinajstić information content (AvgIpc) is 3.39. The Morgan fingerprint density at radius 3 is 2.59 bits per heavy atom. The molecule has 0 spiro atoms. The highest BCUT2D eigenvalue weighted by Gasteiger charge is 2.39. The van der Waals surface area contributed by atoms with Gasteiger partial charge in [-0.3, -0.25) is 9.52 Å². The molecule has 1 N–H and O–H groups in total. The maximum atomic E-state index is 12.8. The first kappa shape index (κ1) is 18.5. The number of amides is 1. The molecule has 27 heavy (non-hydrogen) atoms. The third kappa shape index (κ3) is 3.50. The zero-order chi connectivity index (χ0) is 19.3. The van der Waals surface area contributed by atoms with Crippen molar-refractivity contribution >= 4 is 43.2 Å². The highest BCUT2D eigenvalue weighted by molar-refractivity contribution is 9.10. The summed E-state index contributed by atoms with van der Waals surface area (Å²) in [4.78, 5) is 14.6. The Morgan fingerprint density at radius 1 is 1.19 bits per heavy atom. The summed E-state index contributed by atoms with van der Waals surface area (Å²) in [7, 11) is -3.69. The molecule has 1 heterocycles. The largest absolute Gasteiger partial charge is 0.309 e. The maximum absolute atomic E-state index is 12.8. The maximum Gasteiger partial charge on any atom is 0.261 e. The van der Waals surface area contributed by atoms with Crippen LogP contribution in [-0.4, -0.2) is 20.4 Å². The first-order valence-corrected chi connectivity index (χ1v) is 11.3. The lowest BCUT2D eigenvalue weighted by Gasteiger charge is -2.22. The Bertz CT molecular complexity index is 1030. The van der Waals surface area contributed by atoms with Gasteiger partial charge in [0, 0.05) is 27.8 Å². The number of nitrogens with zero attached hydrogens (tertiary/aromatic N) is 1. The predicted octanol–water partition coefficient (Wildman–Crippen LogP) is 4.25. The van der Waals surface area contributed by atoms with Gasteiger partial charge in [-0.05, 0) is 80.6 Å². The van der Waals surface area contributed by atoms with E-state index in [0.717, 1.165) is 34.1 Å². The fraction of sp³-hybridized carbons (Fsp3) is 0.350. The smallest absolute Gasteiger partial charge is 0.261 e. The zero-order valence-corrected chi connectivity index (χ0v) is 17.6. The van der Waals surface area contributed by atoms with Gasteiger partial charge < -0.3 is 4.90 Å². The van der Waals surface area contributed by atoms with Gasteiger partial charge in [-0.15, -0.1) is 0 Å². The Kier molecular flexibility index (Phi) is 4.55. The summed E-state index contributed by atoms with van der Waals surface area (Å²) in [5.41, 5.74) is 3.23. The highest BCUT2D eigenvalue weighted by atomic mass is 79.9. The molecule has 2 aromatic carbocycles. The molecule has 1 atom stereocenters.